The summed E-state index contributed by atoms with van der Waals surface area (Å²) in [6, 6.07) is 9.16. The third kappa shape index (κ3) is 5.61. The Morgan fingerprint density at radius 2 is 1.76 bits per heavy atom. The average Bonchev–Trinajstić information content (AvgIpc) is 2.71. The number of anilines is 1. The van der Waals surface area contributed by atoms with Gasteiger partial charge in [-0.2, -0.15) is 0 Å². The van der Waals surface area contributed by atoms with Crippen molar-refractivity contribution in [2.75, 3.05) is 40.2 Å². The highest BCUT2D eigenvalue weighted by molar-refractivity contribution is 6.34. The number of esters is 1. The molecular weight excluding hydrogens is 400 g/mol. The van der Waals surface area contributed by atoms with E-state index >= 15 is 0 Å². The topological polar surface area (TPSA) is 94.2 Å². The SMILES string of the molecule is COC(=O)COc1cc(C(=O)Nc2ccc(C(=O)N(C)C)c(Cl)c2)ccc1OC. The number of carbonyl (C=O) groups excluding carboxylic acids is 3. The van der Waals surface area contributed by atoms with E-state index in [9.17, 15) is 14.4 Å². The monoisotopic (exact) mass is 420 g/mol. The number of benzene rings is 2. The fraction of sp³-hybridized carbons (Fsp3) is 0.250. The molecule has 154 valence electrons. The number of hydrogen-bond acceptors (Lipinski definition) is 6. The number of ether oxygens (including phenoxy) is 3. The van der Waals surface area contributed by atoms with E-state index in [0.717, 1.165) is 0 Å². The number of rotatable bonds is 7. The van der Waals surface area contributed by atoms with Gasteiger partial charge < -0.3 is 24.4 Å². The van der Waals surface area contributed by atoms with Crippen LogP contribution in [0.15, 0.2) is 36.4 Å². The largest absolute Gasteiger partial charge is 0.493 e. The predicted octanol–water partition coefficient (Wildman–Crippen LogP) is 2.85. The Bertz CT molecular complexity index is 929. The number of nitrogens with one attached hydrogen (secondary N) is 1. The molecule has 0 unspecified atom stereocenters. The standard InChI is InChI=1S/C20H21ClN2O6/c1-23(2)20(26)14-7-6-13(10-15(14)21)22-19(25)12-5-8-16(27-3)17(9-12)29-11-18(24)28-4/h5-10H,11H2,1-4H3,(H,22,25). The van der Waals surface area contributed by atoms with Crippen LogP contribution in [0.25, 0.3) is 0 Å². The second kappa shape index (κ2) is 9.79. The molecule has 9 heteroatoms. The molecule has 2 aromatic carbocycles. The zero-order valence-corrected chi connectivity index (χ0v) is 17.2. The van der Waals surface area contributed by atoms with Crippen molar-refractivity contribution in [1.82, 2.24) is 4.90 Å². The summed E-state index contributed by atoms with van der Waals surface area (Å²) in [6.45, 7) is -0.324. The molecule has 2 aromatic rings. The van der Waals surface area contributed by atoms with E-state index in [-0.39, 0.29) is 28.8 Å². The van der Waals surface area contributed by atoms with Crippen LogP contribution in [0.4, 0.5) is 5.69 Å². The molecule has 0 bridgehead atoms. The van der Waals surface area contributed by atoms with Crippen molar-refractivity contribution >= 4 is 35.1 Å². The summed E-state index contributed by atoms with van der Waals surface area (Å²) >= 11 is 6.17. The van der Waals surface area contributed by atoms with Gasteiger partial charge in [0.15, 0.2) is 18.1 Å². The molecule has 0 fully saturated rings. The molecule has 8 nitrogen and oxygen atoms in total. The van der Waals surface area contributed by atoms with Crippen molar-refractivity contribution < 1.29 is 28.6 Å². The van der Waals surface area contributed by atoms with Gasteiger partial charge in [-0.1, -0.05) is 11.6 Å². The summed E-state index contributed by atoms with van der Waals surface area (Å²) in [7, 11) is 5.93. The van der Waals surface area contributed by atoms with E-state index in [1.807, 2.05) is 0 Å². The van der Waals surface area contributed by atoms with Gasteiger partial charge in [-0.3, -0.25) is 9.59 Å². The van der Waals surface area contributed by atoms with Crippen molar-refractivity contribution in [3.05, 3.63) is 52.5 Å². The Kier molecular flexibility index (Phi) is 7.44. The van der Waals surface area contributed by atoms with Crippen LogP contribution in [-0.4, -0.2) is 57.6 Å². The van der Waals surface area contributed by atoms with Crippen LogP contribution in [0.1, 0.15) is 20.7 Å². The minimum absolute atomic E-state index is 0.218. The van der Waals surface area contributed by atoms with E-state index in [1.54, 1.807) is 38.4 Å². The zero-order chi connectivity index (χ0) is 21.6. The van der Waals surface area contributed by atoms with E-state index in [0.29, 0.717) is 17.0 Å². The van der Waals surface area contributed by atoms with Crippen molar-refractivity contribution in [1.29, 1.82) is 0 Å². The van der Waals surface area contributed by atoms with Crippen molar-refractivity contribution in [3.63, 3.8) is 0 Å². The minimum atomic E-state index is -0.566. The summed E-state index contributed by atoms with van der Waals surface area (Å²) < 4.78 is 15.1. The summed E-state index contributed by atoms with van der Waals surface area (Å²) in [5, 5.41) is 2.92. The summed E-state index contributed by atoms with van der Waals surface area (Å²) in [6.07, 6.45) is 0. The van der Waals surface area contributed by atoms with Crippen LogP contribution in [0.3, 0.4) is 0 Å². The van der Waals surface area contributed by atoms with E-state index in [2.05, 4.69) is 10.1 Å². The first kappa shape index (κ1) is 22.0. The van der Waals surface area contributed by atoms with Gasteiger partial charge in [0, 0.05) is 25.3 Å². The maximum absolute atomic E-state index is 12.6. The second-order valence-electron chi connectivity index (χ2n) is 6.08. The van der Waals surface area contributed by atoms with Gasteiger partial charge in [0.05, 0.1) is 24.8 Å². The van der Waals surface area contributed by atoms with E-state index in [4.69, 9.17) is 21.1 Å². The van der Waals surface area contributed by atoms with Gasteiger partial charge in [0.2, 0.25) is 0 Å². The molecule has 0 aliphatic heterocycles. The van der Waals surface area contributed by atoms with Gasteiger partial charge in [-0.05, 0) is 36.4 Å². The number of carbonyl (C=O) groups is 3. The van der Waals surface area contributed by atoms with E-state index in [1.165, 1.54) is 31.3 Å². The van der Waals surface area contributed by atoms with Gasteiger partial charge in [-0.15, -0.1) is 0 Å². The average molecular weight is 421 g/mol. The molecule has 0 saturated carbocycles. The number of amides is 2. The van der Waals surface area contributed by atoms with Gasteiger partial charge in [0.25, 0.3) is 11.8 Å². The fourth-order valence-electron chi connectivity index (χ4n) is 2.34. The van der Waals surface area contributed by atoms with Crippen LogP contribution in [-0.2, 0) is 9.53 Å². The Labute approximate surface area is 173 Å². The molecule has 0 aliphatic rings. The maximum atomic E-state index is 12.6. The Balaban J connectivity index is 2.19. The minimum Gasteiger partial charge on any atom is -0.493 e. The molecule has 0 aromatic heterocycles. The molecule has 0 radical (unpaired) electrons. The lowest BCUT2D eigenvalue weighted by Crippen LogP contribution is -2.22. The van der Waals surface area contributed by atoms with Crippen LogP contribution < -0.4 is 14.8 Å². The second-order valence-corrected chi connectivity index (χ2v) is 6.49. The van der Waals surface area contributed by atoms with Crippen molar-refractivity contribution in [2.45, 2.75) is 0 Å². The molecule has 0 heterocycles. The lowest BCUT2D eigenvalue weighted by Gasteiger charge is -2.14. The van der Waals surface area contributed by atoms with Gasteiger partial charge in [-0.25, -0.2) is 4.79 Å². The third-order valence-corrected chi connectivity index (χ3v) is 4.18. The lowest BCUT2D eigenvalue weighted by atomic mass is 10.1. The Hall–Kier alpha value is -3.26. The number of methoxy groups -OCH3 is 2. The third-order valence-electron chi connectivity index (χ3n) is 3.86. The number of nitrogens with zero attached hydrogens (tertiary/aromatic N) is 1. The van der Waals surface area contributed by atoms with E-state index < -0.39 is 11.9 Å². The first-order valence-electron chi connectivity index (χ1n) is 8.47. The molecule has 29 heavy (non-hydrogen) atoms. The quantitative estimate of drug-likeness (QED) is 0.692. The predicted molar refractivity (Wildman–Crippen MR) is 108 cm³/mol. The molecule has 0 aliphatic carbocycles. The van der Waals surface area contributed by atoms with Gasteiger partial charge in [0.1, 0.15) is 0 Å². The molecular formula is C20H21ClN2O6. The summed E-state index contributed by atoms with van der Waals surface area (Å²) in [5.41, 5.74) is 1.02. The first-order valence-corrected chi connectivity index (χ1v) is 8.84. The molecule has 0 spiro atoms. The zero-order valence-electron chi connectivity index (χ0n) is 16.4. The van der Waals surface area contributed by atoms with Crippen molar-refractivity contribution in [2.24, 2.45) is 0 Å². The van der Waals surface area contributed by atoms with Gasteiger partial charge >= 0.3 is 5.97 Å². The molecule has 2 rings (SSSR count). The molecule has 1 N–H and O–H groups in total. The highest BCUT2D eigenvalue weighted by Gasteiger charge is 2.16. The lowest BCUT2D eigenvalue weighted by molar-refractivity contribution is -0.142. The Morgan fingerprint density at radius 1 is 1.03 bits per heavy atom. The Morgan fingerprint density at radius 3 is 2.34 bits per heavy atom. The summed E-state index contributed by atoms with van der Waals surface area (Å²) in [5.74, 6) is -0.659. The van der Waals surface area contributed by atoms with Crippen LogP contribution in [0, 0.1) is 0 Å². The maximum Gasteiger partial charge on any atom is 0.343 e. The first-order chi connectivity index (χ1) is 13.8. The normalized spacial score (nSPS) is 10.1. The molecule has 2 amide bonds. The number of halogens is 1. The molecule has 0 saturated heterocycles. The highest BCUT2D eigenvalue weighted by Crippen LogP contribution is 2.29. The smallest absolute Gasteiger partial charge is 0.343 e. The van der Waals surface area contributed by atoms with Crippen LogP contribution in [0.2, 0.25) is 5.02 Å². The molecule has 0 atom stereocenters. The van der Waals surface area contributed by atoms with Crippen LogP contribution in [0.5, 0.6) is 11.5 Å². The fourth-order valence-corrected chi connectivity index (χ4v) is 2.60. The summed E-state index contributed by atoms with van der Waals surface area (Å²) in [4.78, 5) is 37.3. The highest BCUT2D eigenvalue weighted by atomic mass is 35.5. The van der Waals surface area contributed by atoms with Crippen molar-refractivity contribution in [3.8, 4) is 11.5 Å². The van der Waals surface area contributed by atoms with Crippen LogP contribution >= 0.6 is 11.6 Å². The number of hydrogen-bond donors (Lipinski definition) is 1.